The Kier molecular flexibility index (Phi) is 4.49. The lowest BCUT2D eigenvalue weighted by molar-refractivity contribution is 0.298. The van der Waals surface area contributed by atoms with E-state index < -0.39 is 15.7 Å². The lowest BCUT2D eigenvalue weighted by Gasteiger charge is -2.17. The summed E-state index contributed by atoms with van der Waals surface area (Å²) >= 11 is 0. The number of anilines is 1. The van der Waals surface area contributed by atoms with E-state index in [0.717, 1.165) is 43.7 Å². The number of hydrogen-bond acceptors (Lipinski definition) is 4. The van der Waals surface area contributed by atoms with Crippen LogP contribution in [0, 0.1) is 5.82 Å². The standard InChI is InChI=1S/C20H23FN2O2S/c1-2-23-11-9-17-18-13-16(7-8-19(18)22-20(17)10-12-23)26(24,25)15-5-3-14(21)4-6-15/h3-8,13,17,20,22H,2,9-12H2,1H3/t17-,20-/m0/s1. The zero-order valence-corrected chi connectivity index (χ0v) is 15.6. The number of fused-ring (bicyclic) bond motifs is 3. The van der Waals surface area contributed by atoms with Crippen molar-refractivity contribution in [2.75, 3.05) is 25.0 Å². The second kappa shape index (κ2) is 6.67. The van der Waals surface area contributed by atoms with Crippen molar-refractivity contribution in [1.29, 1.82) is 0 Å². The van der Waals surface area contributed by atoms with Gasteiger partial charge >= 0.3 is 0 Å². The van der Waals surface area contributed by atoms with Gasteiger partial charge in [0.2, 0.25) is 9.84 Å². The highest BCUT2D eigenvalue weighted by Crippen LogP contribution is 2.42. The number of halogens is 1. The second-order valence-corrected chi connectivity index (χ2v) is 9.03. The molecule has 2 atom stereocenters. The van der Waals surface area contributed by atoms with Crippen LogP contribution in [-0.2, 0) is 9.84 Å². The van der Waals surface area contributed by atoms with E-state index in [1.165, 1.54) is 24.3 Å². The van der Waals surface area contributed by atoms with Crippen LogP contribution in [0.3, 0.4) is 0 Å². The van der Waals surface area contributed by atoms with Crippen LogP contribution in [0.2, 0.25) is 0 Å². The minimum Gasteiger partial charge on any atom is -0.381 e. The summed E-state index contributed by atoms with van der Waals surface area (Å²) in [4.78, 5) is 2.85. The molecule has 26 heavy (non-hydrogen) atoms. The van der Waals surface area contributed by atoms with Gasteiger partial charge in [0.05, 0.1) is 9.79 Å². The average molecular weight is 374 g/mol. The van der Waals surface area contributed by atoms with Crippen molar-refractivity contribution in [2.24, 2.45) is 0 Å². The molecule has 0 unspecified atom stereocenters. The third kappa shape index (κ3) is 3.01. The molecule has 0 aliphatic carbocycles. The van der Waals surface area contributed by atoms with Gasteiger partial charge in [0.25, 0.3) is 0 Å². The first-order valence-corrected chi connectivity index (χ1v) is 10.6. The molecule has 4 nitrogen and oxygen atoms in total. The fourth-order valence-electron chi connectivity index (χ4n) is 4.11. The first-order chi connectivity index (χ1) is 12.5. The zero-order valence-electron chi connectivity index (χ0n) is 14.8. The largest absolute Gasteiger partial charge is 0.381 e. The van der Waals surface area contributed by atoms with Gasteiger partial charge in [-0.25, -0.2) is 12.8 Å². The third-order valence-corrected chi connectivity index (χ3v) is 7.41. The Morgan fingerprint density at radius 3 is 2.50 bits per heavy atom. The van der Waals surface area contributed by atoms with Crippen LogP contribution in [0.4, 0.5) is 10.1 Å². The molecule has 138 valence electrons. The summed E-state index contributed by atoms with van der Waals surface area (Å²) in [7, 11) is -3.64. The molecule has 2 aliphatic heterocycles. The second-order valence-electron chi connectivity index (χ2n) is 7.08. The van der Waals surface area contributed by atoms with Crippen LogP contribution in [0.15, 0.2) is 52.3 Å². The van der Waals surface area contributed by atoms with Crippen molar-refractivity contribution < 1.29 is 12.8 Å². The summed E-state index contributed by atoms with van der Waals surface area (Å²) in [5, 5.41) is 3.58. The first-order valence-electron chi connectivity index (χ1n) is 9.12. The highest BCUT2D eigenvalue weighted by atomic mass is 32.2. The fraction of sp³-hybridized carbons (Fsp3) is 0.400. The first kappa shape index (κ1) is 17.5. The van der Waals surface area contributed by atoms with Gasteiger partial charge in [-0.2, -0.15) is 0 Å². The van der Waals surface area contributed by atoms with Crippen LogP contribution in [0.1, 0.15) is 31.2 Å². The van der Waals surface area contributed by atoms with Gasteiger partial charge in [-0.15, -0.1) is 0 Å². The maximum Gasteiger partial charge on any atom is 0.206 e. The number of likely N-dealkylation sites (tertiary alicyclic amines) is 1. The minimum atomic E-state index is -3.64. The van der Waals surface area contributed by atoms with Gasteiger partial charge in [0.15, 0.2) is 0 Å². The van der Waals surface area contributed by atoms with Crippen molar-refractivity contribution in [3.63, 3.8) is 0 Å². The predicted molar refractivity (Wildman–Crippen MR) is 99.8 cm³/mol. The molecular formula is C20H23FN2O2S. The third-order valence-electron chi connectivity index (χ3n) is 5.64. The number of nitrogens with zero attached hydrogens (tertiary/aromatic N) is 1. The molecule has 4 rings (SSSR count). The minimum absolute atomic E-state index is 0.124. The van der Waals surface area contributed by atoms with E-state index in [0.29, 0.717) is 12.0 Å². The van der Waals surface area contributed by atoms with E-state index in [9.17, 15) is 12.8 Å². The van der Waals surface area contributed by atoms with Gasteiger partial charge in [0, 0.05) is 24.2 Å². The van der Waals surface area contributed by atoms with E-state index in [1.807, 2.05) is 12.1 Å². The number of rotatable bonds is 3. The molecule has 0 spiro atoms. The van der Waals surface area contributed by atoms with E-state index >= 15 is 0 Å². The summed E-state index contributed by atoms with van der Waals surface area (Å²) < 4.78 is 39.0. The summed E-state index contributed by atoms with van der Waals surface area (Å²) in [5.41, 5.74) is 2.14. The van der Waals surface area contributed by atoms with Crippen LogP contribution in [0.25, 0.3) is 0 Å². The summed E-state index contributed by atoms with van der Waals surface area (Å²) in [5.74, 6) is -0.103. The Bertz CT molecular complexity index is 912. The van der Waals surface area contributed by atoms with Crippen LogP contribution < -0.4 is 5.32 Å². The SMILES string of the molecule is CCN1CC[C@@H]2Nc3ccc(S(=O)(=O)c4ccc(F)cc4)cc3[C@@H]2CC1. The van der Waals surface area contributed by atoms with E-state index in [2.05, 4.69) is 17.1 Å². The number of nitrogens with one attached hydrogen (secondary N) is 1. The van der Waals surface area contributed by atoms with Crippen molar-refractivity contribution in [2.45, 2.75) is 41.5 Å². The Hall–Kier alpha value is -1.92. The smallest absolute Gasteiger partial charge is 0.206 e. The van der Waals surface area contributed by atoms with E-state index in [4.69, 9.17) is 0 Å². The summed E-state index contributed by atoms with van der Waals surface area (Å²) in [6.07, 6.45) is 2.09. The fourth-order valence-corrected chi connectivity index (χ4v) is 5.41. The monoisotopic (exact) mass is 374 g/mol. The van der Waals surface area contributed by atoms with E-state index in [-0.39, 0.29) is 9.79 Å². The average Bonchev–Trinajstić information content (AvgIpc) is 2.86. The van der Waals surface area contributed by atoms with Gasteiger partial charge in [-0.05, 0) is 74.0 Å². The summed E-state index contributed by atoms with van der Waals surface area (Å²) in [6.45, 7) is 5.33. The molecule has 1 saturated heterocycles. The predicted octanol–water partition coefficient (Wildman–Crippen LogP) is 3.65. The molecule has 0 bridgehead atoms. The maximum absolute atomic E-state index is 13.1. The van der Waals surface area contributed by atoms with Gasteiger partial charge in [-0.3, -0.25) is 0 Å². The molecule has 0 radical (unpaired) electrons. The van der Waals surface area contributed by atoms with Crippen molar-refractivity contribution >= 4 is 15.5 Å². The van der Waals surface area contributed by atoms with Gasteiger partial charge in [-0.1, -0.05) is 6.92 Å². The molecule has 0 saturated carbocycles. The Morgan fingerprint density at radius 1 is 1.08 bits per heavy atom. The molecule has 1 N–H and O–H groups in total. The van der Waals surface area contributed by atoms with Gasteiger partial charge < -0.3 is 10.2 Å². The highest BCUT2D eigenvalue weighted by molar-refractivity contribution is 7.91. The molecule has 2 aromatic carbocycles. The van der Waals surface area contributed by atoms with Crippen molar-refractivity contribution in [3.05, 3.63) is 53.8 Å². The maximum atomic E-state index is 13.1. The lowest BCUT2D eigenvalue weighted by Crippen LogP contribution is -2.25. The van der Waals surface area contributed by atoms with Gasteiger partial charge in [0.1, 0.15) is 5.82 Å². The number of sulfone groups is 1. The molecule has 1 fully saturated rings. The molecule has 2 heterocycles. The van der Waals surface area contributed by atoms with Crippen LogP contribution in [0.5, 0.6) is 0 Å². The number of hydrogen-bond donors (Lipinski definition) is 1. The molecular weight excluding hydrogens is 351 g/mol. The molecule has 2 aromatic rings. The normalized spacial score (nSPS) is 23.0. The van der Waals surface area contributed by atoms with Crippen LogP contribution in [-0.4, -0.2) is 39.0 Å². The highest BCUT2D eigenvalue weighted by Gasteiger charge is 2.35. The van der Waals surface area contributed by atoms with Crippen molar-refractivity contribution in [3.8, 4) is 0 Å². The quantitative estimate of drug-likeness (QED) is 0.833. The van der Waals surface area contributed by atoms with Crippen molar-refractivity contribution in [1.82, 2.24) is 4.90 Å². The molecule has 6 heteroatoms. The molecule has 2 aliphatic rings. The molecule has 0 aromatic heterocycles. The van der Waals surface area contributed by atoms with Crippen LogP contribution >= 0.6 is 0 Å². The topological polar surface area (TPSA) is 49.4 Å². The number of benzene rings is 2. The molecule has 0 amide bonds. The Balaban J connectivity index is 1.68. The Labute approximate surface area is 153 Å². The lowest BCUT2D eigenvalue weighted by atomic mass is 9.91. The Morgan fingerprint density at radius 2 is 1.77 bits per heavy atom. The summed E-state index contributed by atoms with van der Waals surface area (Å²) in [6, 6.07) is 10.7. The van der Waals surface area contributed by atoms with E-state index in [1.54, 1.807) is 6.07 Å². The zero-order chi connectivity index (χ0) is 18.3.